The van der Waals surface area contributed by atoms with Crippen LogP contribution in [0.1, 0.15) is 169 Å². The summed E-state index contributed by atoms with van der Waals surface area (Å²) in [6.07, 6.45) is 26.2. The van der Waals surface area contributed by atoms with E-state index in [-0.39, 0.29) is 0 Å². The third-order valence-electron chi connectivity index (χ3n) is 9.12. The number of hydrogen-bond acceptors (Lipinski definition) is 3. The highest BCUT2D eigenvalue weighted by molar-refractivity contribution is 5.91. The van der Waals surface area contributed by atoms with Crippen LogP contribution >= 0.6 is 0 Å². The van der Waals surface area contributed by atoms with E-state index in [9.17, 15) is 10.1 Å². The topological polar surface area (TPSA) is 50.1 Å². The van der Waals surface area contributed by atoms with Crippen LogP contribution < -0.4 is 4.74 Å². The fourth-order valence-corrected chi connectivity index (χ4v) is 6.42. The number of rotatable bonds is 19. The Labute approximate surface area is 251 Å². The summed E-state index contributed by atoms with van der Waals surface area (Å²) in [5.74, 6) is 1.44. The maximum absolute atomic E-state index is 12.9. The monoisotopic (exact) mass is 557 g/mol. The van der Waals surface area contributed by atoms with Gasteiger partial charge in [0.2, 0.25) is 0 Å². The Morgan fingerprint density at radius 3 is 1.95 bits per heavy atom. The van der Waals surface area contributed by atoms with E-state index in [1.54, 1.807) is 6.07 Å². The van der Waals surface area contributed by atoms with Crippen molar-refractivity contribution in [2.75, 3.05) is 0 Å². The Hall–Kier alpha value is -2.60. The lowest BCUT2D eigenvalue weighted by atomic mass is 9.77. The number of ether oxygens (including phenoxy) is 1. The molecule has 0 N–H and O–H groups in total. The second-order valence-electron chi connectivity index (χ2n) is 12.5. The number of hydrogen-bond donors (Lipinski definition) is 0. The van der Waals surface area contributed by atoms with E-state index >= 15 is 0 Å². The van der Waals surface area contributed by atoms with Crippen LogP contribution in [0, 0.1) is 17.2 Å². The summed E-state index contributed by atoms with van der Waals surface area (Å²) in [5, 5.41) is 9.66. The zero-order valence-corrected chi connectivity index (χ0v) is 26.1. The van der Waals surface area contributed by atoms with Gasteiger partial charge >= 0.3 is 5.97 Å². The number of nitrogens with zero attached hydrogens (tertiary/aromatic N) is 1. The number of unbranched alkanes of at least 4 members (excludes halogenated alkanes) is 12. The first kappa shape index (κ1) is 32.9. The highest BCUT2D eigenvalue weighted by Gasteiger charge is 2.22. The first-order chi connectivity index (χ1) is 20.1. The zero-order chi connectivity index (χ0) is 29.1. The molecule has 41 heavy (non-hydrogen) atoms. The molecule has 0 aliphatic heterocycles. The summed E-state index contributed by atoms with van der Waals surface area (Å²) in [5.41, 5.74) is 3.44. The first-order valence-corrected chi connectivity index (χ1v) is 17.0. The maximum Gasteiger partial charge on any atom is 0.343 e. The molecule has 3 rings (SSSR count). The second kappa shape index (κ2) is 19.5. The van der Waals surface area contributed by atoms with Gasteiger partial charge in [0.05, 0.1) is 11.1 Å². The molecule has 0 radical (unpaired) electrons. The first-order valence-electron chi connectivity index (χ1n) is 17.0. The SMILES string of the molecule is CCCCCCCCCCC1CCC(c2ccc(C(=O)Oc3ccc(CCCCCCCC)cc3C#N)cc2)CC1. The third-order valence-corrected chi connectivity index (χ3v) is 9.12. The van der Waals surface area contributed by atoms with Crippen LogP contribution in [0.3, 0.4) is 0 Å². The van der Waals surface area contributed by atoms with Gasteiger partial charge in [-0.3, -0.25) is 0 Å². The van der Waals surface area contributed by atoms with E-state index in [4.69, 9.17) is 4.74 Å². The molecule has 2 aromatic rings. The molecule has 1 aliphatic rings. The molecule has 0 saturated heterocycles. The average Bonchev–Trinajstić information content (AvgIpc) is 3.01. The van der Waals surface area contributed by atoms with Gasteiger partial charge < -0.3 is 4.74 Å². The van der Waals surface area contributed by atoms with Gasteiger partial charge in [0.1, 0.15) is 11.8 Å². The number of carbonyl (C=O) groups excluding carboxylic acids is 1. The van der Waals surface area contributed by atoms with E-state index in [1.165, 1.54) is 121 Å². The molecule has 224 valence electrons. The van der Waals surface area contributed by atoms with Crippen LogP contribution in [0.15, 0.2) is 42.5 Å². The Kier molecular flexibility index (Phi) is 15.7. The third kappa shape index (κ3) is 12.0. The van der Waals surface area contributed by atoms with Gasteiger partial charge in [0.15, 0.2) is 0 Å². The summed E-state index contributed by atoms with van der Waals surface area (Å²) in [6, 6.07) is 15.9. The van der Waals surface area contributed by atoms with Gasteiger partial charge in [-0.1, -0.05) is 122 Å². The van der Waals surface area contributed by atoms with Gasteiger partial charge in [-0.2, -0.15) is 5.26 Å². The summed E-state index contributed by atoms with van der Waals surface area (Å²) in [6.45, 7) is 4.52. The van der Waals surface area contributed by atoms with Crippen LogP contribution in [-0.2, 0) is 6.42 Å². The van der Waals surface area contributed by atoms with Crippen LogP contribution in [0.4, 0.5) is 0 Å². The summed E-state index contributed by atoms with van der Waals surface area (Å²) in [4.78, 5) is 12.9. The lowest BCUT2D eigenvalue weighted by Gasteiger charge is -2.29. The molecule has 0 heterocycles. The van der Waals surface area contributed by atoms with Gasteiger partial charge in [0.25, 0.3) is 0 Å². The van der Waals surface area contributed by atoms with Crippen molar-refractivity contribution in [3.05, 3.63) is 64.7 Å². The second-order valence-corrected chi connectivity index (χ2v) is 12.5. The van der Waals surface area contributed by atoms with E-state index in [0.717, 1.165) is 24.3 Å². The predicted octanol–water partition coefficient (Wildman–Crippen LogP) is 11.5. The molecule has 3 heteroatoms. The molecule has 0 aromatic heterocycles. The number of carbonyl (C=O) groups is 1. The zero-order valence-electron chi connectivity index (χ0n) is 26.1. The van der Waals surface area contributed by atoms with Gasteiger partial charge in [-0.05, 0) is 85.8 Å². The van der Waals surface area contributed by atoms with Crippen molar-refractivity contribution in [2.24, 2.45) is 5.92 Å². The maximum atomic E-state index is 12.9. The van der Waals surface area contributed by atoms with Crippen molar-refractivity contribution in [3.8, 4) is 11.8 Å². The fraction of sp³-hybridized carbons (Fsp3) is 0.632. The molecule has 3 nitrogen and oxygen atoms in total. The summed E-state index contributed by atoms with van der Waals surface area (Å²) >= 11 is 0. The van der Waals surface area contributed by atoms with Gasteiger partial charge in [-0.25, -0.2) is 4.79 Å². The molecule has 2 aromatic carbocycles. The molecular weight excluding hydrogens is 502 g/mol. The fourth-order valence-electron chi connectivity index (χ4n) is 6.42. The molecule has 0 amide bonds. The predicted molar refractivity (Wildman–Crippen MR) is 172 cm³/mol. The smallest absolute Gasteiger partial charge is 0.343 e. The Bertz CT molecular complexity index is 1040. The van der Waals surface area contributed by atoms with E-state index in [1.807, 2.05) is 24.3 Å². The minimum atomic E-state index is -0.397. The van der Waals surface area contributed by atoms with Crippen molar-refractivity contribution in [1.82, 2.24) is 0 Å². The molecule has 0 atom stereocenters. The van der Waals surface area contributed by atoms with Gasteiger partial charge in [-0.15, -0.1) is 0 Å². The molecule has 1 aliphatic carbocycles. The van der Waals surface area contributed by atoms with E-state index in [0.29, 0.717) is 22.8 Å². The molecule has 0 spiro atoms. The van der Waals surface area contributed by atoms with E-state index < -0.39 is 5.97 Å². The molecule has 0 unspecified atom stereocenters. The number of benzene rings is 2. The van der Waals surface area contributed by atoms with Crippen LogP contribution in [0.25, 0.3) is 0 Å². The van der Waals surface area contributed by atoms with Crippen molar-refractivity contribution >= 4 is 5.97 Å². The van der Waals surface area contributed by atoms with Crippen LogP contribution in [0.2, 0.25) is 0 Å². The highest BCUT2D eigenvalue weighted by atomic mass is 16.5. The van der Waals surface area contributed by atoms with Crippen molar-refractivity contribution < 1.29 is 9.53 Å². The van der Waals surface area contributed by atoms with E-state index in [2.05, 4.69) is 32.0 Å². The van der Waals surface area contributed by atoms with Crippen molar-refractivity contribution in [2.45, 2.75) is 148 Å². The highest BCUT2D eigenvalue weighted by Crippen LogP contribution is 2.38. The largest absolute Gasteiger partial charge is 0.422 e. The quantitative estimate of drug-likeness (QED) is 0.0980. The number of nitriles is 1. The number of aryl methyl sites for hydroxylation is 1. The lowest BCUT2D eigenvalue weighted by molar-refractivity contribution is 0.0734. The Morgan fingerprint density at radius 1 is 0.756 bits per heavy atom. The normalized spacial score (nSPS) is 16.8. The lowest BCUT2D eigenvalue weighted by Crippen LogP contribution is -2.14. The minimum Gasteiger partial charge on any atom is -0.422 e. The molecule has 0 bridgehead atoms. The summed E-state index contributed by atoms with van der Waals surface area (Å²) in [7, 11) is 0. The number of esters is 1. The molecular formula is C38H55NO2. The van der Waals surface area contributed by atoms with Crippen molar-refractivity contribution in [3.63, 3.8) is 0 Å². The standard InChI is InChI=1S/C38H55NO2/c1-3-5-7-9-11-12-14-15-17-31-19-22-33(23-20-31)34-24-26-35(27-25-34)38(40)41-37-28-21-32(29-36(37)30-39)18-16-13-10-8-6-4-2/h21,24-29,31,33H,3-20,22-23H2,1-2H3. The minimum absolute atomic E-state index is 0.350. The van der Waals surface area contributed by atoms with Crippen LogP contribution in [0.5, 0.6) is 5.75 Å². The van der Waals surface area contributed by atoms with Crippen molar-refractivity contribution in [1.29, 1.82) is 5.26 Å². The molecule has 1 fully saturated rings. The Balaban J connectivity index is 1.39. The summed E-state index contributed by atoms with van der Waals surface area (Å²) < 4.78 is 5.66. The average molecular weight is 558 g/mol. The van der Waals surface area contributed by atoms with Gasteiger partial charge in [0, 0.05) is 0 Å². The Morgan fingerprint density at radius 2 is 1.34 bits per heavy atom. The van der Waals surface area contributed by atoms with Crippen LogP contribution in [-0.4, -0.2) is 5.97 Å². The molecule has 1 saturated carbocycles.